The number of azo groups is 1. The third-order valence-electron chi connectivity index (χ3n) is 15.1. The van der Waals surface area contributed by atoms with E-state index in [1.165, 1.54) is 30.0 Å². The Bertz CT molecular complexity index is 3440. The number of benzene rings is 4. The monoisotopic (exact) mass is 1310 g/mol. The molecule has 1 fully saturated rings. The first-order valence-electron chi connectivity index (χ1n) is 30.8. The average Bonchev–Trinajstić information content (AvgIpc) is 1.27. The van der Waals surface area contributed by atoms with E-state index in [0.29, 0.717) is 54.6 Å². The number of nitrogens with one attached hydrogen (secondary N) is 7. The van der Waals surface area contributed by atoms with Gasteiger partial charge in [0.15, 0.2) is 0 Å². The Balaban J connectivity index is 1.20. The number of fused-ring (bicyclic) bond motifs is 1. The summed E-state index contributed by atoms with van der Waals surface area (Å²) in [6.07, 6.45) is 0.358. The van der Waals surface area contributed by atoms with Crippen molar-refractivity contribution in [3.8, 4) is 0 Å². The number of hydrogen-bond acceptors (Lipinski definition) is 19. The molecule has 0 spiro atoms. The summed E-state index contributed by atoms with van der Waals surface area (Å²) < 4.78 is 32.3. The van der Waals surface area contributed by atoms with Gasteiger partial charge in [-0.1, -0.05) is 44.2 Å². The zero-order chi connectivity index (χ0) is 68.4. The number of primary amides is 2. The van der Waals surface area contributed by atoms with Crippen LogP contribution in [0, 0.1) is 5.92 Å². The highest BCUT2D eigenvalue weighted by molar-refractivity contribution is 7.87. The molecule has 6 atom stereocenters. The maximum absolute atomic E-state index is 14.2. The quantitative estimate of drug-likeness (QED) is 0.0173. The van der Waals surface area contributed by atoms with E-state index < -0.39 is 119 Å². The number of nitrogens with two attached hydrogens (primary N) is 4. The molecule has 4 aromatic rings. The molecule has 504 valence electrons. The number of carbonyl (C=O) groups is 11. The first-order chi connectivity index (χ1) is 44.2. The van der Waals surface area contributed by atoms with Gasteiger partial charge < -0.3 is 74.1 Å². The van der Waals surface area contributed by atoms with Gasteiger partial charge in [0.1, 0.15) is 41.1 Å². The molecule has 93 heavy (non-hydrogen) atoms. The van der Waals surface area contributed by atoms with Crippen LogP contribution >= 0.6 is 0 Å². The molecule has 0 radical (unpaired) electrons. The van der Waals surface area contributed by atoms with Crippen molar-refractivity contribution in [3.63, 3.8) is 0 Å². The zero-order valence-electron chi connectivity index (χ0n) is 53.1. The molecule has 6 unspecified atom stereocenters. The summed E-state index contributed by atoms with van der Waals surface area (Å²) in [4.78, 5) is 150. The largest absolute Gasteiger partial charge is 0.378 e. The van der Waals surface area contributed by atoms with Crippen LogP contribution in [0.4, 0.5) is 17.1 Å². The van der Waals surface area contributed by atoms with Crippen LogP contribution in [0.2, 0.25) is 0 Å². The van der Waals surface area contributed by atoms with Crippen molar-refractivity contribution in [2.75, 3.05) is 51.7 Å². The molecule has 5 rings (SSSR count). The van der Waals surface area contributed by atoms with Gasteiger partial charge in [-0.25, -0.2) is 0 Å². The SMILES string of the molecule is CC(C)CC(NC(=O)CNC(=O)C(CCC(N)=O)NC(=O)C1CCCN1C(=O)CCCNC(=O)c1ccc(N=Nc2ccc(N(C)C)cc2)cc1)C(=O)NC(CCC(=O)OS(=O)(=O)c1cccc2c(CCN)cccc12)C(=O)NC(C)C(=O)NC(CCCCN)C(N)=O. The molecule has 0 saturated carbocycles. The molecule has 0 aliphatic carbocycles. The van der Waals surface area contributed by atoms with Crippen molar-refractivity contribution in [1.82, 2.24) is 42.1 Å². The summed E-state index contributed by atoms with van der Waals surface area (Å²) in [5.74, 6) is -9.42. The molecule has 15 N–H and O–H groups in total. The van der Waals surface area contributed by atoms with Gasteiger partial charge in [-0.05, 0) is 156 Å². The lowest BCUT2D eigenvalue weighted by molar-refractivity contribution is -0.139. The molecule has 1 saturated heterocycles. The van der Waals surface area contributed by atoms with E-state index in [0.717, 1.165) is 11.3 Å². The Hall–Kier alpha value is -9.42. The number of anilines is 1. The fourth-order valence-electron chi connectivity index (χ4n) is 10.1. The molecular formula is C63H87N15O14S. The molecule has 4 aromatic carbocycles. The number of rotatable bonds is 37. The van der Waals surface area contributed by atoms with Gasteiger partial charge in [-0.2, -0.15) is 18.6 Å². The smallest absolute Gasteiger partial charge is 0.342 e. The van der Waals surface area contributed by atoms with Gasteiger partial charge in [-0.3, -0.25) is 52.7 Å². The molecule has 0 bridgehead atoms. The van der Waals surface area contributed by atoms with E-state index in [4.69, 9.17) is 27.1 Å². The summed E-state index contributed by atoms with van der Waals surface area (Å²) >= 11 is 0. The highest BCUT2D eigenvalue weighted by Gasteiger charge is 2.37. The van der Waals surface area contributed by atoms with E-state index >= 15 is 0 Å². The van der Waals surface area contributed by atoms with Crippen molar-refractivity contribution < 1.29 is 65.3 Å². The molecule has 29 nitrogen and oxygen atoms in total. The third kappa shape index (κ3) is 23.6. The Morgan fingerprint density at radius 3 is 1.90 bits per heavy atom. The Labute approximate surface area is 540 Å². The van der Waals surface area contributed by atoms with Gasteiger partial charge in [-0.15, -0.1) is 0 Å². The minimum absolute atomic E-state index is 0.0245. The predicted molar refractivity (Wildman–Crippen MR) is 345 cm³/mol. The average molecular weight is 1310 g/mol. The predicted octanol–water partition coefficient (Wildman–Crippen LogP) is 1.52. The summed E-state index contributed by atoms with van der Waals surface area (Å²) in [5, 5.41) is 27.0. The second-order valence-electron chi connectivity index (χ2n) is 23.1. The Kier molecular flexibility index (Phi) is 29.2. The summed E-state index contributed by atoms with van der Waals surface area (Å²) in [5.41, 5.74) is 25.6. The van der Waals surface area contributed by atoms with Crippen molar-refractivity contribution >= 4 is 103 Å². The Morgan fingerprint density at radius 1 is 0.645 bits per heavy atom. The van der Waals surface area contributed by atoms with Crippen molar-refractivity contribution in [2.45, 2.75) is 145 Å². The lowest BCUT2D eigenvalue weighted by Gasteiger charge is -2.27. The van der Waals surface area contributed by atoms with E-state index in [-0.39, 0.29) is 92.6 Å². The van der Waals surface area contributed by atoms with Gasteiger partial charge in [0.2, 0.25) is 53.2 Å². The number of hydrogen-bond donors (Lipinski definition) is 11. The fourth-order valence-corrected chi connectivity index (χ4v) is 11.2. The Morgan fingerprint density at radius 2 is 1.27 bits per heavy atom. The lowest BCUT2D eigenvalue weighted by atomic mass is 10.0. The van der Waals surface area contributed by atoms with E-state index in [1.807, 2.05) is 43.3 Å². The van der Waals surface area contributed by atoms with Crippen LogP contribution in [0.3, 0.4) is 0 Å². The van der Waals surface area contributed by atoms with Crippen LogP contribution in [-0.2, 0) is 68.7 Å². The second-order valence-corrected chi connectivity index (χ2v) is 24.6. The van der Waals surface area contributed by atoms with Crippen molar-refractivity contribution in [2.24, 2.45) is 39.1 Å². The second kappa shape index (κ2) is 36.6. The number of amides is 10. The zero-order valence-corrected chi connectivity index (χ0v) is 53.9. The molecule has 1 heterocycles. The first-order valence-corrected chi connectivity index (χ1v) is 32.2. The van der Waals surface area contributed by atoms with E-state index in [9.17, 15) is 61.2 Å². The van der Waals surface area contributed by atoms with Crippen LogP contribution in [-0.4, -0.2) is 161 Å². The topological polar surface area (TPSA) is 451 Å². The summed E-state index contributed by atoms with van der Waals surface area (Å²) in [7, 11) is -0.911. The standard InChI is InChI=1S/C63H87N15O14S/c1-38(2)36-50(62(88)73-49(61(87)70-39(3)58(84)72-47(57(67)83)15-6-7-32-64)28-30-56(82)92-93(90,91)52-17-9-13-45-40(31-33-65)12-8-14-46(45)52)71-54(80)37-69-60(86)48(27-29-53(66)79)74-63(89)51-16-11-35-78(51)55(81)18-10-34-68-59(85)41-19-21-42(22-20-41)75-76-43-23-25-44(26-24-43)77(4)5/h8-9,12-14,17,19-26,38-39,47-51H,6-7,10-11,15-16,18,27-37,64-65H2,1-5H3,(H2,66,79)(H2,67,83)(H,68,85)(H,69,86)(H,70,87)(H,71,80)(H,72,84)(H,73,88)(H,74,89). The van der Waals surface area contributed by atoms with Crippen molar-refractivity contribution in [3.05, 3.63) is 96.1 Å². The highest BCUT2D eigenvalue weighted by atomic mass is 32.2. The van der Waals surface area contributed by atoms with E-state index in [2.05, 4.69) is 47.4 Å². The molecule has 10 amide bonds. The van der Waals surface area contributed by atoms with Crippen molar-refractivity contribution in [1.29, 1.82) is 0 Å². The maximum Gasteiger partial charge on any atom is 0.342 e. The van der Waals surface area contributed by atoms with Gasteiger partial charge >= 0.3 is 16.1 Å². The molecular weight excluding hydrogens is 1220 g/mol. The first kappa shape index (κ1) is 74.3. The summed E-state index contributed by atoms with van der Waals surface area (Å²) in [6, 6.07) is 15.4. The van der Waals surface area contributed by atoms with Crippen LogP contribution in [0.5, 0.6) is 0 Å². The summed E-state index contributed by atoms with van der Waals surface area (Å²) in [6.45, 7) is 4.90. The minimum Gasteiger partial charge on any atom is -0.378 e. The van der Waals surface area contributed by atoms with Crippen LogP contribution in [0.15, 0.2) is 100 Å². The van der Waals surface area contributed by atoms with Crippen LogP contribution < -0.4 is 65.1 Å². The number of nitrogens with zero attached hydrogens (tertiary/aromatic N) is 4. The van der Waals surface area contributed by atoms with Crippen LogP contribution in [0.25, 0.3) is 10.8 Å². The normalized spacial score (nSPS) is 14.6. The fraction of sp³-hybridized carbons (Fsp3) is 0.476. The highest BCUT2D eigenvalue weighted by Crippen LogP contribution is 2.28. The molecule has 1 aliphatic heterocycles. The van der Waals surface area contributed by atoms with Gasteiger partial charge in [0.05, 0.1) is 17.9 Å². The molecule has 0 aromatic heterocycles. The molecule has 30 heteroatoms. The number of likely N-dealkylation sites (tertiary alicyclic amines) is 1. The number of carbonyl (C=O) groups excluding carboxylic acids is 11. The lowest BCUT2D eigenvalue weighted by Crippen LogP contribution is -2.58. The minimum atomic E-state index is -4.78. The molecule has 1 aliphatic rings. The van der Waals surface area contributed by atoms with Gasteiger partial charge in [0.25, 0.3) is 5.91 Å². The third-order valence-corrected chi connectivity index (χ3v) is 16.4. The number of unbranched alkanes of at least 4 members (excludes halogenated alkanes) is 1. The van der Waals surface area contributed by atoms with Gasteiger partial charge in [0, 0.05) is 63.1 Å². The van der Waals surface area contributed by atoms with Crippen LogP contribution in [0.1, 0.15) is 114 Å². The maximum atomic E-state index is 14.2. The van der Waals surface area contributed by atoms with E-state index in [1.54, 1.807) is 56.3 Å².